The molecule has 1 atom stereocenters. The molecule has 1 saturated heterocycles. The van der Waals surface area contributed by atoms with Gasteiger partial charge in [0.1, 0.15) is 11.3 Å². The van der Waals surface area contributed by atoms with Gasteiger partial charge in [0.15, 0.2) is 5.65 Å². The molecule has 1 aliphatic rings. The van der Waals surface area contributed by atoms with Crippen LogP contribution in [0.15, 0.2) is 54.9 Å². The largest absolute Gasteiger partial charge is 0.444 e. The number of carbonyl (C=O) groups is 2. The SMILES string of the molecule is CC(C)(C)OC(=O)N[C@@H]1CCCN(C(=O)c2cc(-c3ccc(C#N)cc3)c(-c3ccc4nccn4n3)s2)C1. The van der Waals surface area contributed by atoms with Crippen LogP contribution in [0.5, 0.6) is 0 Å². The molecule has 0 unspecified atom stereocenters. The summed E-state index contributed by atoms with van der Waals surface area (Å²) in [6.07, 6.45) is 4.57. The summed E-state index contributed by atoms with van der Waals surface area (Å²) in [7, 11) is 0. The van der Waals surface area contributed by atoms with E-state index in [9.17, 15) is 14.9 Å². The Morgan fingerprint density at radius 3 is 2.71 bits per heavy atom. The number of amides is 2. The molecule has 4 aromatic rings. The molecule has 38 heavy (non-hydrogen) atoms. The van der Waals surface area contributed by atoms with Crippen molar-refractivity contribution in [1.82, 2.24) is 24.8 Å². The molecule has 5 rings (SSSR count). The Labute approximate surface area is 224 Å². The topological polar surface area (TPSA) is 113 Å². The number of benzene rings is 1. The predicted molar refractivity (Wildman–Crippen MR) is 145 cm³/mol. The molecule has 194 valence electrons. The molecule has 10 heteroatoms. The Morgan fingerprint density at radius 2 is 1.97 bits per heavy atom. The lowest BCUT2D eigenvalue weighted by molar-refractivity contribution is 0.0453. The summed E-state index contributed by atoms with van der Waals surface area (Å²) in [5.41, 5.74) is 3.20. The fourth-order valence-corrected chi connectivity index (χ4v) is 5.58. The third-order valence-corrected chi connectivity index (χ3v) is 7.33. The summed E-state index contributed by atoms with van der Waals surface area (Å²) in [6, 6.07) is 15.0. The van der Waals surface area contributed by atoms with Crippen LogP contribution >= 0.6 is 11.3 Å². The normalized spacial score (nSPS) is 15.7. The van der Waals surface area contributed by atoms with Crippen LogP contribution in [0, 0.1) is 11.3 Å². The fourth-order valence-electron chi connectivity index (χ4n) is 4.47. The lowest BCUT2D eigenvalue weighted by Gasteiger charge is -2.33. The highest BCUT2D eigenvalue weighted by Gasteiger charge is 2.29. The maximum Gasteiger partial charge on any atom is 0.407 e. The van der Waals surface area contributed by atoms with Crippen LogP contribution < -0.4 is 5.32 Å². The van der Waals surface area contributed by atoms with E-state index in [4.69, 9.17) is 9.84 Å². The van der Waals surface area contributed by atoms with Gasteiger partial charge >= 0.3 is 6.09 Å². The first-order valence-electron chi connectivity index (χ1n) is 12.4. The van der Waals surface area contributed by atoms with Crippen LogP contribution in [-0.4, -0.2) is 56.2 Å². The van der Waals surface area contributed by atoms with Crippen molar-refractivity contribution in [1.29, 1.82) is 5.26 Å². The van der Waals surface area contributed by atoms with E-state index in [2.05, 4.69) is 16.4 Å². The number of ether oxygens (including phenoxy) is 1. The van der Waals surface area contributed by atoms with Crippen molar-refractivity contribution >= 4 is 29.0 Å². The van der Waals surface area contributed by atoms with Crippen molar-refractivity contribution < 1.29 is 14.3 Å². The van der Waals surface area contributed by atoms with E-state index in [1.165, 1.54) is 11.3 Å². The van der Waals surface area contributed by atoms with Gasteiger partial charge in [-0.1, -0.05) is 12.1 Å². The first-order chi connectivity index (χ1) is 18.2. The Morgan fingerprint density at radius 1 is 1.18 bits per heavy atom. The molecular formula is C28H28N6O3S. The van der Waals surface area contributed by atoms with Crippen molar-refractivity contribution in [3.8, 4) is 27.8 Å². The molecular weight excluding hydrogens is 500 g/mol. The molecule has 3 aromatic heterocycles. The first kappa shape index (κ1) is 25.4. The summed E-state index contributed by atoms with van der Waals surface area (Å²) in [4.78, 5) is 33.5. The third kappa shape index (κ3) is 5.53. The molecule has 2 amide bonds. The van der Waals surface area contributed by atoms with Crippen molar-refractivity contribution in [2.45, 2.75) is 45.3 Å². The van der Waals surface area contributed by atoms with Gasteiger partial charge in [-0.3, -0.25) is 4.79 Å². The molecule has 0 aliphatic carbocycles. The third-order valence-electron chi connectivity index (χ3n) is 6.19. The molecule has 0 bridgehead atoms. The number of alkyl carbamates (subject to hydrolysis) is 1. The van der Waals surface area contributed by atoms with Gasteiger partial charge in [0.25, 0.3) is 5.91 Å². The average Bonchev–Trinajstić information content (AvgIpc) is 3.54. The maximum absolute atomic E-state index is 13.7. The number of piperidine rings is 1. The van der Waals surface area contributed by atoms with Gasteiger partial charge in [-0.2, -0.15) is 10.4 Å². The first-order valence-corrected chi connectivity index (χ1v) is 13.3. The van der Waals surface area contributed by atoms with Crippen LogP contribution in [0.2, 0.25) is 0 Å². The molecule has 1 aliphatic heterocycles. The van der Waals surface area contributed by atoms with Crippen molar-refractivity contribution in [2.75, 3.05) is 13.1 Å². The van der Waals surface area contributed by atoms with Crippen LogP contribution in [0.3, 0.4) is 0 Å². The fraction of sp³-hybridized carbons (Fsp3) is 0.321. The number of carbonyl (C=O) groups excluding carboxylic acids is 2. The Bertz CT molecular complexity index is 1530. The zero-order valence-corrected chi connectivity index (χ0v) is 22.3. The van der Waals surface area contributed by atoms with E-state index < -0.39 is 11.7 Å². The van der Waals surface area contributed by atoms with Crippen molar-refractivity contribution in [3.05, 3.63) is 65.3 Å². The highest BCUT2D eigenvalue weighted by molar-refractivity contribution is 7.18. The number of aromatic nitrogens is 3. The van der Waals surface area contributed by atoms with E-state index >= 15 is 0 Å². The number of hydrogen-bond acceptors (Lipinski definition) is 7. The minimum absolute atomic E-state index is 0.0875. The number of thiophene rings is 1. The minimum Gasteiger partial charge on any atom is -0.444 e. The van der Waals surface area contributed by atoms with Gasteiger partial charge < -0.3 is 15.0 Å². The molecule has 1 aromatic carbocycles. The summed E-state index contributed by atoms with van der Waals surface area (Å²) >= 11 is 1.39. The number of rotatable bonds is 4. The summed E-state index contributed by atoms with van der Waals surface area (Å²) in [5.74, 6) is -0.0875. The lowest BCUT2D eigenvalue weighted by Crippen LogP contribution is -2.50. The van der Waals surface area contributed by atoms with Crippen LogP contribution in [0.4, 0.5) is 4.79 Å². The van der Waals surface area contributed by atoms with Crippen molar-refractivity contribution in [2.24, 2.45) is 0 Å². The monoisotopic (exact) mass is 528 g/mol. The van der Waals surface area contributed by atoms with E-state index in [-0.39, 0.29) is 11.9 Å². The van der Waals surface area contributed by atoms with E-state index in [1.54, 1.807) is 33.9 Å². The number of hydrogen-bond donors (Lipinski definition) is 1. The molecule has 1 fully saturated rings. The van der Waals surface area contributed by atoms with E-state index in [1.807, 2.05) is 51.1 Å². The Hall–Kier alpha value is -4.23. The zero-order chi connectivity index (χ0) is 26.9. The van der Waals surface area contributed by atoms with Crippen LogP contribution in [-0.2, 0) is 4.74 Å². The Balaban J connectivity index is 1.44. The number of nitrogens with one attached hydrogen (secondary N) is 1. The molecule has 0 spiro atoms. The Kier molecular flexibility index (Phi) is 6.87. The lowest BCUT2D eigenvalue weighted by atomic mass is 10.0. The molecule has 0 radical (unpaired) electrons. The van der Waals surface area contributed by atoms with Gasteiger partial charge in [0, 0.05) is 37.1 Å². The number of nitrogens with zero attached hydrogens (tertiary/aromatic N) is 5. The molecule has 1 N–H and O–H groups in total. The summed E-state index contributed by atoms with van der Waals surface area (Å²) < 4.78 is 7.10. The van der Waals surface area contributed by atoms with Crippen LogP contribution in [0.25, 0.3) is 27.3 Å². The van der Waals surface area contributed by atoms with E-state index in [0.29, 0.717) is 23.5 Å². The maximum atomic E-state index is 13.7. The second-order valence-corrected chi connectivity index (χ2v) is 11.3. The van der Waals surface area contributed by atoms with Gasteiger partial charge in [-0.05, 0) is 69.5 Å². The smallest absolute Gasteiger partial charge is 0.407 e. The quantitative estimate of drug-likeness (QED) is 0.393. The number of nitriles is 1. The second kappa shape index (κ2) is 10.3. The van der Waals surface area contributed by atoms with Gasteiger partial charge in [0.2, 0.25) is 0 Å². The highest BCUT2D eigenvalue weighted by atomic mass is 32.1. The summed E-state index contributed by atoms with van der Waals surface area (Å²) in [5, 5.41) is 16.8. The van der Waals surface area contributed by atoms with E-state index in [0.717, 1.165) is 40.2 Å². The zero-order valence-electron chi connectivity index (χ0n) is 21.5. The molecule has 0 saturated carbocycles. The second-order valence-electron chi connectivity index (χ2n) is 10.2. The van der Waals surface area contributed by atoms with Crippen molar-refractivity contribution in [3.63, 3.8) is 0 Å². The highest BCUT2D eigenvalue weighted by Crippen LogP contribution is 2.39. The van der Waals surface area contributed by atoms with Gasteiger partial charge in [-0.25, -0.2) is 14.3 Å². The van der Waals surface area contributed by atoms with Gasteiger partial charge in [-0.15, -0.1) is 11.3 Å². The van der Waals surface area contributed by atoms with Crippen LogP contribution in [0.1, 0.15) is 48.8 Å². The molecule has 4 heterocycles. The average molecular weight is 529 g/mol. The number of imidazole rings is 1. The number of likely N-dealkylation sites (tertiary alicyclic amines) is 1. The minimum atomic E-state index is -0.586. The predicted octanol–water partition coefficient (Wildman–Crippen LogP) is 5.13. The summed E-state index contributed by atoms with van der Waals surface area (Å²) in [6.45, 7) is 6.49. The molecule has 9 nitrogen and oxygen atoms in total. The number of fused-ring (bicyclic) bond motifs is 1. The standard InChI is InChI=1S/C28H28N6O3S/c1-28(2,3)37-27(36)31-20-5-4-13-33(17-20)26(35)23-15-21(19-8-6-18(16-29)7-9-19)25(38-23)22-10-11-24-30-12-14-34(24)32-22/h6-12,14-15,20H,4-5,13,17H2,1-3H3,(H,31,36)/t20-/m1/s1. The van der Waals surface area contributed by atoms with Gasteiger partial charge in [0.05, 0.1) is 21.4 Å².